The van der Waals surface area contributed by atoms with Crippen LogP contribution in [0.4, 0.5) is 0 Å². The van der Waals surface area contributed by atoms with Gasteiger partial charge >= 0.3 is 0 Å². The minimum atomic E-state index is -0.646. The Labute approximate surface area is 76.8 Å². The fourth-order valence-corrected chi connectivity index (χ4v) is 1.33. The quantitative estimate of drug-likeness (QED) is 0.630. The van der Waals surface area contributed by atoms with E-state index in [2.05, 4.69) is 0 Å². The number of carbonyl (C=O) groups excluding carboxylic acids is 2. The van der Waals surface area contributed by atoms with E-state index in [0.717, 1.165) is 4.90 Å². The van der Waals surface area contributed by atoms with Crippen LogP contribution < -0.4 is 0 Å². The maximum Gasteiger partial charge on any atom is 0.253 e. The third-order valence-corrected chi connectivity index (χ3v) is 2.23. The van der Waals surface area contributed by atoms with Gasteiger partial charge in [0.05, 0.1) is 12.1 Å². The van der Waals surface area contributed by atoms with E-state index >= 15 is 0 Å². The molecule has 0 aromatic rings. The van der Waals surface area contributed by atoms with E-state index in [1.807, 2.05) is 0 Å². The number of aliphatic hydroxyl groups is 1. The zero-order chi connectivity index (χ0) is 10.0. The Bertz CT molecular complexity index is 242. The van der Waals surface area contributed by atoms with E-state index in [-0.39, 0.29) is 11.8 Å². The summed E-state index contributed by atoms with van der Waals surface area (Å²) in [6.45, 7) is 3.47. The second kappa shape index (κ2) is 3.70. The third-order valence-electron chi connectivity index (χ3n) is 2.23. The van der Waals surface area contributed by atoms with Crippen LogP contribution in [0.1, 0.15) is 20.3 Å². The summed E-state index contributed by atoms with van der Waals surface area (Å²) in [6, 6.07) is -0.444. The highest BCUT2D eigenvalue weighted by atomic mass is 16.3. The average Bonchev–Trinajstić information content (AvgIpc) is 2.44. The Morgan fingerprint density at radius 3 is 2.23 bits per heavy atom. The molecule has 13 heavy (non-hydrogen) atoms. The molecule has 0 fully saturated rings. The van der Waals surface area contributed by atoms with Gasteiger partial charge in [-0.3, -0.25) is 14.5 Å². The lowest BCUT2D eigenvalue weighted by atomic mass is 10.1. The number of imide groups is 1. The van der Waals surface area contributed by atoms with Gasteiger partial charge in [0.25, 0.3) is 11.8 Å². The minimum absolute atomic E-state index is 0.343. The van der Waals surface area contributed by atoms with Crippen molar-refractivity contribution in [3.8, 4) is 0 Å². The summed E-state index contributed by atoms with van der Waals surface area (Å²) < 4.78 is 0. The van der Waals surface area contributed by atoms with Crippen molar-refractivity contribution in [2.45, 2.75) is 32.4 Å². The molecular formula is C9H13NO3. The molecule has 4 heteroatoms. The fourth-order valence-electron chi connectivity index (χ4n) is 1.33. The molecule has 2 unspecified atom stereocenters. The fraction of sp³-hybridized carbons (Fsp3) is 0.556. The third kappa shape index (κ3) is 1.78. The topological polar surface area (TPSA) is 57.6 Å². The Kier molecular flexibility index (Phi) is 2.83. The van der Waals surface area contributed by atoms with E-state index in [1.165, 1.54) is 12.2 Å². The molecule has 0 aromatic carbocycles. The van der Waals surface area contributed by atoms with Crippen LogP contribution in [0.5, 0.6) is 0 Å². The summed E-state index contributed by atoms with van der Waals surface area (Å²) in [7, 11) is 0. The number of amides is 2. The Balaban J connectivity index is 2.72. The second-order valence-electron chi connectivity index (χ2n) is 3.10. The first-order valence-corrected chi connectivity index (χ1v) is 4.31. The van der Waals surface area contributed by atoms with Gasteiger partial charge in [0.2, 0.25) is 0 Å². The first kappa shape index (κ1) is 9.92. The molecule has 1 aliphatic heterocycles. The van der Waals surface area contributed by atoms with Crippen LogP contribution in [-0.2, 0) is 9.59 Å². The van der Waals surface area contributed by atoms with Crippen molar-refractivity contribution in [3.05, 3.63) is 12.2 Å². The van der Waals surface area contributed by atoms with Crippen molar-refractivity contribution in [3.63, 3.8) is 0 Å². The molecule has 1 heterocycles. The monoisotopic (exact) mass is 183 g/mol. The summed E-state index contributed by atoms with van der Waals surface area (Å²) in [5.41, 5.74) is 0. The maximum absolute atomic E-state index is 11.2. The molecule has 2 amide bonds. The Morgan fingerprint density at radius 1 is 1.38 bits per heavy atom. The molecule has 0 spiro atoms. The molecular weight excluding hydrogens is 170 g/mol. The highest BCUT2D eigenvalue weighted by Gasteiger charge is 2.31. The molecule has 0 radical (unpaired) electrons. The van der Waals surface area contributed by atoms with E-state index in [1.54, 1.807) is 13.8 Å². The zero-order valence-electron chi connectivity index (χ0n) is 7.73. The van der Waals surface area contributed by atoms with Gasteiger partial charge in [0, 0.05) is 12.2 Å². The van der Waals surface area contributed by atoms with Gasteiger partial charge in [-0.05, 0) is 13.3 Å². The normalized spacial score (nSPS) is 21.0. The van der Waals surface area contributed by atoms with E-state index in [0.29, 0.717) is 6.42 Å². The number of carbonyl (C=O) groups is 2. The molecule has 4 nitrogen and oxygen atoms in total. The van der Waals surface area contributed by atoms with Crippen LogP contribution in [-0.4, -0.2) is 34.0 Å². The lowest BCUT2D eigenvalue weighted by Gasteiger charge is -2.26. The van der Waals surface area contributed by atoms with Crippen molar-refractivity contribution >= 4 is 11.8 Å². The van der Waals surface area contributed by atoms with Gasteiger partial charge < -0.3 is 5.11 Å². The Morgan fingerprint density at radius 2 is 1.85 bits per heavy atom. The first-order chi connectivity index (χ1) is 6.07. The smallest absolute Gasteiger partial charge is 0.253 e. The minimum Gasteiger partial charge on any atom is -0.391 e. The van der Waals surface area contributed by atoms with Gasteiger partial charge in [0.15, 0.2) is 0 Å². The average molecular weight is 183 g/mol. The standard InChI is InChI=1S/C9H13NO3/c1-3-7(11)6(2)10-8(12)4-5-9(10)13/h4-7,11H,3H2,1-2H3. The van der Waals surface area contributed by atoms with Gasteiger partial charge in [-0.25, -0.2) is 0 Å². The molecule has 72 valence electrons. The summed E-state index contributed by atoms with van der Waals surface area (Å²) in [5.74, 6) is -0.685. The number of hydrogen-bond acceptors (Lipinski definition) is 3. The van der Waals surface area contributed by atoms with Gasteiger partial charge in [-0.15, -0.1) is 0 Å². The van der Waals surface area contributed by atoms with Crippen LogP contribution in [0.3, 0.4) is 0 Å². The van der Waals surface area contributed by atoms with Crippen LogP contribution in [0.2, 0.25) is 0 Å². The predicted octanol–water partition coefficient (Wildman–Crippen LogP) is 0.0708. The first-order valence-electron chi connectivity index (χ1n) is 4.31. The highest BCUT2D eigenvalue weighted by Crippen LogP contribution is 2.13. The summed E-state index contributed by atoms with van der Waals surface area (Å²) in [4.78, 5) is 23.4. The molecule has 0 aliphatic carbocycles. The molecule has 0 saturated carbocycles. The van der Waals surface area contributed by atoms with Crippen molar-refractivity contribution < 1.29 is 14.7 Å². The molecule has 0 bridgehead atoms. The predicted molar refractivity (Wildman–Crippen MR) is 46.8 cm³/mol. The largest absolute Gasteiger partial charge is 0.391 e. The van der Waals surface area contributed by atoms with E-state index in [4.69, 9.17) is 0 Å². The maximum atomic E-state index is 11.2. The van der Waals surface area contributed by atoms with Crippen molar-refractivity contribution in [2.75, 3.05) is 0 Å². The Hall–Kier alpha value is -1.16. The number of nitrogens with zero attached hydrogens (tertiary/aromatic N) is 1. The van der Waals surface area contributed by atoms with Crippen LogP contribution in [0.25, 0.3) is 0 Å². The molecule has 1 N–H and O–H groups in total. The summed E-state index contributed by atoms with van der Waals surface area (Å²) in [5, 5.41) is 9.45. The van der Waals surface area contributed by atoms with Crippen molar-refractivity contribution in [1.82, 2.24) is 4.90 Å². The lowest BCUT2D eigenvalue weighted by molar-refractivity contribution is -0.141. The van der Waals surface area contributed by atoms with Gasteiger partial charge in [-0.2, -0.15) is 0 Å². The lowest BCUT2D eigenvalue weighted by Crippen LogP contribution is -2.44. The van der Waals surface area contributed by atoms with Crippen LogP contribution in [0.15, 0.2) is 12.2 Å². The second-order valence-corrected chi connectivity index (χ2v) is 3.10. The number of hydrogen-bond donors (Lipinski definition) is 1. The summed E-state index contributed by atoms with van der Waals surface area (Å²) in [6.07, 6.45) is 2.33. The SMILES string of the molecule is CCC(O)C(C)N1C(=O)C=CC1=O. The molecule has 1 aliphatic rings. The molecule has 0 saturated heterocycles. The summed E-state index contributed by atoms with van der Waals surface area (Å²) >= 11 is 0. The van der Waals surface area contributed by atoms with E-state index < -0.39 is 12.1 Å². The van der Waals surface area contributed by atoms with Crippen LogP contribution in [0, 0.1) is 0 Å². The number of rotatable bonds is 3. The number of aliphatic hydroxyl groups excluding tert-OH is 1. The van der Waals surface area contributed by atoms with Crippen molar-refractivity contribution in [1.29, 1.82) is 0 Å². The molecule has 2 atom stereocenters. The zero-order valence-corrected chi connectivity index (χ0v) is 7.73. The van der Waals surface area contributed by atoms with Gasteiger partial charge in [-0.1, -0.05) is 6.92 Å². The van der Waals surface area contributed by atoms with E-state index in [9.17, 15) is 14.7 Å². The van der Waals surface area contributed by atoms with Crippen LogP contribution >= 0.6 is 0 Å². The van der Waals surface area contributed by atoms with Gasteiger partial charge in [0.1, 0.15) is 0 Å². The molecule has 0 aromatic heterocycles. The van der Waals surface area contributed by atoms with Crippen molar-refractivity contribution in [2.24, 2.45) is 0 Å². The highest BCUT2D eigenvalue weighted by molar-refractivity contribution is 6.13. The molecule has 1 rings (SSSR count).